The number of hydrogen-bond acceptors (Lipinski definition) is 3. The Hall–Kier alpha value is -1.13. The molecule has 20 heavy (non-hydrogen) atoms. The van der Waals surface area contributed by atoms with Crippen molar-refractivity contribution in [3.63, 3.8) is 0 Å². The maximum Gasteiger partial charge on any atom is 0.0854 e. The van der Waals surface area contributed by atoms with Crippen LogP contribution in [0, 0.1) is 0 Å². The fourth-order valence-electron chi connectivity index (χ4n) is 2.92. The summed E-state index contributed by atoms with van der Waals surface area (Å²) in [5.74, 6) is 0. The van der Waals surface area contributed by atoms with Crippen LogP contribution in [-0.2, 0) is 4.74 Å². The molecule has 3 rings (SSSR count). The first-order valence-electron chi connectivity index (χ1n) is 6.91. The molecule has 0 N–H and O–H groups in total. The number of aromatic nitrogens is 1. The van der Waals surface area contributed by atoms with Crippen molar-refractivity contribution in [3.05, 3.63) is 36.5 Å². The second kappa shape index (κ2) is 5.34. The van der Waals surface area contributed by atoms with E-state index in [9.17, 15) is 0 Å². The number of benzene rings is 1. The predicted molar refractivity (Wildman–Crippen MR) is 86.7 cm³/mol. The molecule has 1 unspecified atom stereocenters. The van der Waals surface area contributed by atoms with Crippen LogP contribution in [0.5, 0.6) is 0 Å². The van der Waals surface area contributed by atoms with E-state index in [-0.39, 0.29) is 11.7 Å². The number of pyridine rings is 1. The molecule has 0 spiro atoms. The second-order valence-electron chi connectivity index (χ2n) is 5.88. The largest absolute Gasteiger partial charge is 0.368 e. The normalized spacial score (nSPS) is 22.1. The highest BCUT2D eigenvalue weighted by Crippen LogP contribution is 2.31. The fraction of sp³-hybridized carbons (Fsp3) is 0.438. The maximum atomic E-state index is 6.08. The summed E-state index contributed by atoms with van der Waals surface area (Å²) < 4.78 is 6.08. The summed E-state index contributed by atoms with van der Waals surface area (Å²) in [5, 5.41) is 2.07. The van der Waals surface area contributed by atoms with Crippen molar-refractivity contribution in [2.24, 2.45) is 0 Å². The molecule has 0 amide bonds. The van der Waals surface area contributed by atoms with Crippen LogP contribution in [0.15, 0.2) is 36.5 Å². The van der Waals surface area contributed by atoms with E-state index in [1.54, 1.807) is 0 Å². The Kier molecular flexibility index (Phi) is 3.69. The van der Waals surface area contributed by atoms with Crippen molar-refractivity contribution in [2.45, 2.75) is 25.6 Å². The summed E-state index contributed by atoms with van der Waals surface area (Å²) in [6.07, 6.45) is 2.11. The molecular weight excluding hydrogens is 316 g/mol. The first-order chi connectivity index (χ1) is 9.59. The SMILES string of the molecule is CC1(C)CN(c2ccnc3ccccc23)CC(CBr)O1. The van der Waals surface area contributed by atoms with E-state index in [1.165, 1.54) is 11.1 Å². The molecule has 1 fully saturated rings. The topological polar surface area (TPSA) is 25.4 Å². The number of anilines is 1. The lowest BCUT2D eigenvalue weighted by molar-refractivity contribution is -0.0723. The van der Waals surface area contributed by atoms with Gasteiger partial charge in [-0.05, 0) is 26.0 Å². The van der Waals surface area contributed by atoms with E-state index in [2.05, 4.69) is 63.9 Å². The molecule has 0 radical (unpaired) electrons. The molecule has 106 valence electrons. The first kappa shape index (κ1) is 13.8. The first-order valence-corrected chi connectivity index (χ1v) is 8.04. The number of alkyl halides is 1. The molecule has 0 bridgehead atoms. The van der Waals surface area contributed by atoms with E-state index in [4.69, 9.17) is 4.74 Å². The molecular formula is C16H19BrN2O. The lowest BCUT2D eigenvalue weighted by atomic mass is 10.0. The van der Waals surface area contributed by atoms with E-state index < -0.39 is 0 Å². The van der Waals surface area contributed by atoms with Gasteiger partial charge in [-0.15, -0.1) is 0 Å². The van der Waals surface area contributed by atoms with Crippen LogP contribution in [0.25, 0.3) is 10.9 Å². The number of para-hydroxylation sites is 1. The standard InChI is InChI=1S/C16H19BrN2O/c1-16(2)11-19(10-12(9-17)20-16)15-7-8-18-14-6-4-3-5-13(14)15/h3-8,12H,9-11H2,1-2H3. The third-order valence-electron chi connectivity index (χ3n) is 3.62. The van der Waals surface area contributed by atoms with Gasteiger partial charge in [0.15, 0.2) is 0 Å². The molecule has 1 aliphatic rings. The Morgan fingerprint density at radius 3 is 2.95 bits per heavy atom. The Balaban J connectivity index is 2.01. The van der Waals surface area contributed by atoms with Gasteiger partial charge in [0.2, 0.25) is 0 Å². The quantitative estimate of drug-likeness (QED) is 0.784. The van der Waals surface area contributed by atoms with Crippen molar-refractivity contribution >= 4 is 32.5 Å². The van der Waals surface area contributed by atoms with E-state index in [0.29, 0.717) is 0 Å². The van der Waals surface area contributed by atoms with Gasteiger partial charge in [0.25, 0.3) is 0 Å². The Bertz CT molecular complexity index is 609. The fourth-order valence-corrected chi connectivity index (χ4v) is 3.25. The monoisotopic (exact) mass is 334 g/mol. The van der Waals surface area contributed by atoms with Crippen molar-refractivity contribution < 1.29 is 4.74 Å². The minimum atomic E-state index is -0.138. The summed E-state index contributed by atoms with van der Waals surface area (Å²) in [6, 6.07) is 10.4. The molecule has 1 aromatic carbocycles. The molecule has 0 aliphatic carbocycles. The lowest BCUT2D eigenvalue weighted by Crippen LogP contribution is -2.53. The molecule has 1 aliphatic heterocycles. The summed E-state index contributed by atoms with van der Waals surface area (Å²) in [5.41, 5.74) is 2.16. The number of fused-ring (bicyclic) bond motifs is 1. The molecule has 1 saturated heterocycles. The Morgan fingerprint density at radius 1 is 1.35 bits per heavy atom. The highest BCUT2D eigenvalue weighted by atomic mass is 79.9. The molecule has 3 nitrogen and oxygen atoms in total. The van der Waals surface area contributed by atoms with Crippen LogP contribution in [0.3, 0.4) is 0 Å². The van der Waals surface area contributed by atoms with Crippen LogP contribution >= 0.6 is 15.9 Å². The van der Waals surface area contributed by atoms with E-state index in [0.717, 1.165) is 23.9 Å². The van der Waals surface area contributed by atoms with Crippen LogP contribution in [0.4, 0.5) is 5.69 Å². The zero-order valence-corrected chi connectivity index (χ0v) is 13.4. The van der Waals surface area contributed by atoms with Gasteiger partial charge in [-0.2, -0.15) is 0 Å². The minimum absolute atomic E-state index is 0.138. The predicted octanol–water partition coefficient (Wildman–Crippen LogP) is 3.61. The van der Waals surface area contributed by atoms with Gasteiger partial charge in [-0.25, -0.2) is 0 Å². The number of ether oxygens (including phenoxy) is 1. The van der Waals surface area contributed by atoms with Gasteiger partial charge in [0.1, 0.15) is 0 Å². The van der Waals surface area contributed by atoms with Gasteiger partial charge in [0.05, 0.1) is 17.2 Å². The lowest BCUT2D eigenvalue weighted by Gasteiger charge is -2.43. The summed E-state index contributed by atoms with van der Waals surface area (Å²) in [7, 11) is 0. The van der Waals surface area contributed by atoms with Gasteiger partial charge in [-0.1, -0.05) is 34.1 Å². The van der Waals surface area contributed by atoms with E-state index >= 15 is 0 Å². The van der Waals surface area contributed by atoms with Crippen LogP contribution in [0.1, 0.15) is 13.8 Å². The number of halogens is 1. The van der Waals surface area contributed by atoms with Gasteiger partial charge >= 0.3 is 0 Å². The third-order valence-corrected chi connectivity index (χ3v) is 4.34. The van der Waals surface area contributed by atoms with Gasteiger partial charge < -0.3 is 9.64 Å². The summed E-state index contributed by atoms with van der Waals surface area (Å²) in [6.45, 7) is 6.10. The zero-order chi connectivity index (χ0) is 14.2. The smallest absolute Gasteiger partial charge is 0.0854 e. The highest BCUT2D eigenvalue weighted by molar-refractivity contribution is 9.09. The van der Waals surface area contributed by atoms with Crippen molar-refractivity contribution in [1.29, 1.82) is 0 Å². The van der Waals surface area contributed by atoms with E-state index in [1.807, 2.05) is 12.3 Å². The average molecular weight is 335 g/mol. The summed E-state index contributed by atoms with van der Waals surface area (Å²) in [4.78, 5) is 6.86. The molecule has 0 saturated carbocycles. The van der Waals surface area contributed by atoms with Crippen molar-refractivity contribution in [1.82, 2.24) is 4.98 Å². The molecule has 1 atom stereocenters. The van der Waals surface area contributed by atoms with Gasteiger partial charge in [0, 0.05) is 35.7 Å². The van der Waals surface area contributed by atoms with Crippen LogP contribution < -0.4 is 4.90 Å². The zero-order valence-electron chi connectivity index (χ0n) is 11.8. The summed E-state index contributed by atoms with van der Waals surface area (Å²) >= 11 is 3.55. The maximum absolute atomic E-state index is 6.08. The van der Waals surface area contributed by atoms with Crippen LogP contribution in [-0.4, -0.2) is 35.1 Å². The Morgan fingerprint density at radius 2 is 2.15 bits per heavy atom. The second-order valence-corrected chi connectivity index (χ2v) is 6.53. The Labute approximate surface area is 128 Å². The number of rotatable bonds is 2. The van der Waals surface area contributed by atoms with Gasteiger partial charge in [-0.3, -0.25) is 4.98 Å². The average Bonchev–Trinajstić information content (AvgIpc) is 2.45. The molecule has 2 heterocycles. The number of hydrogen-bond donors (Lipinski definition) is 0. The minimum Gasteiger partial charge on any atom is -0.368 e. The molecule has 4 heteroatoms. The number of nitrogens with zero attached hydrogens (tertiary/aromatic N) is 2. The molecule has 2 aromatic rings. The third kappa shape index (κ3) is 2.67. The van der Waals surface area contributed by atoms with Crippen molar-refractivity contribution in [3.8, 4) is 0 Å². The van der Waals surface area contributed by atoms with Crippen LogP contribution in [0.2, 0.25) is 0 Å². The number of morpholine rings is 1. The van der Waals surface area contributed by atoms with Crippen molar-refractivity contribution in [2.75, 3.05) is 23.3 Å². The molecule has 1 aromatic heterocycles. The highest BCUT2D eigenvalue weighted by Gasteiger charge is 2.33.